The Hall–Kier alpha value is -0.0800. The summed E-state index contributed by atoms with van der Waals surface area (Å²) < 4.78 is 0.923. The molecule has 0 fully saturated rings. The molecule has 0 N–H and O–H groups in total. The third kappa shape index (κ3) is 2.17. The molecule has 1 heterocycles. The van der Waals surface area contributed by atoms with Gasteiger partial charge in [0, 0.05) is 10.7 Å². The maximum Gasteiger partial charge on any atom is 0.0635 e. The summed E-state index contributed by atoms with van der Waals surface area (Å²) in [6, 6.07) is 1.86. The average Bonchev–Trinajstić information content (AvgIpc) is 1.85. The van der Waals surface area contributed by atoms with Crippen LogP contribution in [-0.2, 0) is 0 Å². The second-order valence-electron chi connectivity index (χ2n) is 2.68. The lowest BCUT2D eigenvalue weighted by atomic mass is 10.1. The number of nitrogens with zero attached hydrogens (tertiary/aromatic N) is 1. The Bertz CT molecular complexity index is 260. The summed E-state index contributed by atoms with van der Waals surface area (Å²) >= 11 is 9.23. The molecule has 0 aromatic carbocycles. The molecular formula is C8H9BrClN. The zero-order valence-corrected chi connectivity index (χ0v) is 8.78. The molecule has 60 valence electrons. The number of hydrogen-bond donors (Lipinski definition) is 0. The molecule has 0 unspecified atom stereocenters. The van der Waals surface area contributed by atoms with Crippen LogP contribution in [0.3, 0.4) is 0 Å². The maximum absolute atomic E-state index is 5.93. The van der Waals surface area contributed by atoms with Crippen molar-refractivity contribution >= 4 is 27.5 Å². The van der Waals surface area contributed by atoms with E-state index in [-0.39, 0.29) is 0 Å². The van der Waals surface area contributed by atoms with Crippen LogP contribution >= 0.6 is 27.5 Å². The standard InChI is InChI=1S/C8H9BrClN/c1-5(2)8-7(10)3-6(9)4-11-8/h3-5H,1-2H3. The van der Waals surface area contributed by atoms with Crippen molar-refractivity contribution < 1.29 is 0 Å². The summed E-state index contributed by atoms with van der Waals surface area (Å²) in [6.07, 6.45) is 1.77. The topological polar surface area (TPSA) is 12.9 Å². The number of pyridine rings is 1. The van der Waals surface area contributed by atoms with E-state index in [1.54, 1.807) is 6.20 Å². The van der Waals surface area contributed by atoms with Crippen molar-refractivity contribution in [3.05, 3.63) is 27.5 Å². The number of aromatic nitrogens is 1. The minimum Gasteiger partial charge on any atom is -0.258 e. The molecular weight excluding hydrogens is 225 g/mol. The SMILES string of the molecule is CC(C)c1ncc(Br)cc1Cl. The highest BCUT2D eigenvalue weighted by atomic mass is 79.9. The summed E-state index contributed by atoms with van der Waals surface area (Å²) in [6.45, 7) is 4.14. The van der Waals surface area contributed by atoms with E-state index in [0.717, 1.165) is 15.2 Å². The normalized spacial score (nSPS) is 10.6. The largest absolute Gasteiger partial charge is 0.258 e. The molecule has 1 aromatic rings. The van der Waals surface area contributed by atoms with Gasteiger partial charge < -0.3 is 0 Å². The Kier molecular flexibility index (Phi) is 2.90. The fourth-order valence-corrected chi connectivity index (χ4v) is 1.70. The van der Waals surface area contributed by atoms with Crippen LogP contribution in [0.5, 0.6) is 0 Å². The lowest BCUT2D eigenvalue weighted by molar-refractivity contribution is 0.822. The predicted octanol–water partition coefficient (Wildman–Crippen LogP) is 3.62. The van der Waals surface area contributed by atoms with E-state index in [1.165, 1.54) is 0 Å². The molecule has 0 aliphatic carbocycles. The van der Waals surface area contributed by atoms with Crippen LogP contribution in [0.1, 0.15) is 25.5 Å². The van der Waals surface area contributed by atoms with E-state index >= 15 is 0 Å². The molecule has 1 rings (SSSR count). The maximum atomic E-state index is 5.93. The van der Waals surface area contributed by atoms with Crippen LogP contribution in [0.15, 0.2) is 16.7 Å². The monoisotopic (exact) mass is 233 g/mol. The zero-order valence-electron chi connectivity index (χ0n) is 6.44. The van der Waals surface area contributed by atoms with Crippen molar-refractivity contribution in [1.82, 2.24) is 4.98 Å². The highest BCUT2D eigenvalue weighted by molar-refractivity contribution is 9.10. The zero-order chi connectivity index (χ0) is 8.43. The highest BCUT2D eigenvalue weighted by Gasteiger charge is 2.05. The molecule has 1 aromatic heterocycles. The van der Waals surface area contributed by atoms with Gasteiger partial charge >= 0.3 is 0 Å². The van der Waals surface area contributed by atoms with Gasteiger partial charge in [0.15, 0.2) is 0 Å². The molecule has 0 atom stereocenters. The number of rotatable bonds is 1. The van der Waals surface area contributed by atoms with Gasteiger partial charge in [0.25, 0.3) is 0 Å². The molecule has 0 spiro atoms. The lowest BCUT2D eigenvalue weighted by Crippen LogP contribution is -1.92. The van der Waals surface area contributed by atoms with Gasteiger partial charge in [-0.1, -0.05) is 25.4 Å². The Morgan fingerprint density at radius 3 is 2.64 bits per heavy atom. The summed E-state index contributed by atoms with van der Waals surface area (Å²) in [5, 5.41) is 0.731. The van der Waals surface area contributed by atoms with E-state index < -0.39 is 0 Å². The molecule has 0 aliphatic heterocycles. The first-order valence-electron chi connectivity index (χ1n) is 3.42. The van der Waals surface area contributed by atoms with Gasteiger partial charge in [-0.2, -0.15) is 0 Å². The second kappa shape index (κ2) is 3.55. The Morgan fingerprint density at radius 2 is 2.18 bits per heavy atom. The van der Waals surface area contributed by atoms with E-state index in [0.29, 0.717) is 5.92 Å². The van der Waals surface area contributed by atoms with E-state index in [4.69, 9.17) is 11.6 Å². The minimum atomic E-state index is 0.385. The summed E-state index contributed by atoms with van der Waals surface area (Å²) in [5.74, 6) is 0.385. The smallest absolute Gasteiger partial charge is 0.0635 e. The lowest BCUT2D eigenvalue weighted by Gasteiger charge is -2.05. The third-order valence-electron chi connectivity index (χ3n) is 1.38. The number of halogens is 2. The first-order chi connectivity index (χ1) is 5.11. The molecule has 0 bridgehead atoms. The molecule has 0 aliphatic rings. The third-order valence-corrected chi connectivity index (χ3v) is 2.12. The van der Waals surface area contributed by atoms with Crippen molar-refractivity contribution in [3.63, 3.8) is 0 Å². The fourth-order valence-electron chi connectivity index (χ4n) is 0.850. The predicted molar refractivity (Wildman–Crippen MR) is 51.0 cm³/mol. The van der Waals surface area contributed by atoms with Gasteiger partial charge in [-0.3, -0.25) is 4.98 Å². The van der Waals surface area contributed by atoms with Gasteiger partial charge in [0.1, 0.15) is 0 Å². The van der Waals surface area contributed by atoms with Crippen LogP contribution in [-0.4, -0.2) is 4.98 Å². The van der Waals surface area contributed by atoms with Gasteiger partial charge in [0.2, 0.25) is 0 Å². The Labute approximate surface area is 79.9 Å². The van der Waals surface area contributed by atoms with E-state index in [2.05, 4.69) is 34.8 Å². The van der Waals surface area contributed by atoms with E-state index in [9.17, 15) is 0 Å². The fraction of sp³-hybridized carbons (Fsp3) is 0.375. The highest BCUT2D eigenvalue weighted by Crippen LogP contribution is 2.24. The van der Waals surface area contributed by atoms with Gasteiger partial charge in [0.05, 0.1) is 10.7 Å². The molecule has 3 heteroatoms. The average molecular weight is 235 g/mol. The Morgan fingerprint density at radius 1 is 1.55 bits per heavy atom. The summed E-state index contributed by atoms with van der Waals surface area (Å²) in [5.41, 5.74) is 0.954. The van der Waals surface area contributed by atoms with Crippen molar-refractivity contribution in [2.24, 2.45) is 0 Å². The molecule has 1 nitrogen and oxygen atoms in total. The van der Waals surface area contributed by atoms with Crippen molar-refractivity contribution in [3.8, 4) is 0 Å². The summed E-state index contributed by atoms with van der Waals surface area (Å²) in [4.78, 5) is 4.20. The van der Waals surface area contributed by atoms with Crippen LogP contribution < -0.4 is 0 Å². The number of hydrogen-bond acceptors (Lipinski definition) is 1. The molecule has 0 amide bonds. The van der Waals surface area contributed by atoms with Crippen molar-refractivity contribution in [1.29, 1.82) is 0 Å². The quantitative estimate of drug-likeness (QED) is 0.723. The van der Waals surface area contributed by atoms with Gasteiger partial charge in [-0.05, 0) is 27.9 Å². The molecule has 0 radical (unpaired) electrons. The van der Waals surface area contributed by atoms with Crippen molar-refractivity contribution in [2.75, 3.05) is 0 Å². The first kappa shape index (κ1) is 9.01. The second-order valence-corrected chi connectivity index (χ2v) is 4.00. The van der Waals surface area contributed by atoms with Crippen LogP contribution in [0.2, 0.25) is 5.02 Å². The summed E-state index contributed by atoms with van der Waals surface area (Å²) in [7, 11) is 0. The van der Waals surface area contributed by atoms with Crippen molar-refractivity contribution in [2.45, 2.75) is 19.8 Å². The van der Waals surface area contributed by atoms with Gasteiger partial charge in [-0.25, -0.2) is 0 Å². The first-order valence-corrected chi connectivity index (χ1v) is 4.59. The molecule has 0 saturated heterocycles. The molecule has 0 saturated carbocycles. The van der Waals surface area contributed by atoms with E-state index in [1.807, 2.05) is 6.07 Å². The van der Waals surface area contributed by atoms with Crippen LogP contribution in [0, 0.1) is 0 Å². The van der Waals surface area contributed by atoms with Gasteiger partial charge in [-0.15, -0.1) is 0 Å². The minimum absolute atomic E-state index is 0.385. The Balaban J connectivity index is 3.09. The molecule has 11 heavy (non-hydrogen) atoms. The van der Waals surface area contributed by atoms with Crippen LogP contribution in [0.25, 0.3) is 0 Å². The van der Waals surface area contributed by atoms with Crippen LogP contribution in [0.4, 0.5) is 0 Å².